The van der Waals surface area contributed by atoms with E-state index in [1.54, 1.807) is 0 Å². The highest BCUT2D eigenvalue weighted by atomic mass is 35.5. The van der Waals surface area contributed by atoms with Gasteiger partial charge >= 0.3 is 15.4 Å². The Morgan fingerprint density at radius 3 is 1.72 bits per heavy atom. The van der Waals surface area contributed by atoms with Gasteiger partial charge in [-0.05, 0) is 13.8 Å². The summed E-state index contributed by atoms with van der Waals surface area (Å²) in [7, 11) is -8.78. The molecule has 0 amide bonds. The zero-order valence-corrected chi connectivity index (χ0v) is 13.2. The van der Waals surface area contributed by atoms with E-state index in [0.717, 1.165) is 0 Å². The molecule has 0 aromatic carbocycles. The SMILES string of the molecule is CC(C)(OP(=O)(O)O)P(=O)(OCCCl)OCCCl. The highest BCUT2D eigenvalue weighted by Crippen LogP contribution is 2.64. The van der Waals surface area contributed by atoms with Gasteiger partial charge in [0.15, 0.2) is 5.34 Å². The highest BCUT2D eigenvalue weighted by Gasteiger charge is 2.48. The molecule has 0 heterocycles. The minimum Gasteiger partial charge on any atom is -0.305 e. The summed E-state index contributed by atoms with van der Waals surface area (Å²) in [5.41, 5.74) is 0. The van der Waals surface area contributed by atoms with E-state index in [9.17, 15) is 9.13 Å². The second-order valence-corrected chi connectivity index (χ2v) is 8.08. The third-order valence-corrected chi connectivity index (χ3v) is 5.28. The van der Waals surface area contributed by atoms with Crippen LogP contribution >= 0.6 is 38.6 Å². The molecule has 0 aliphatic carbocycles. The fourth-order valence-corrected chi connectivity index (χ4v) is 4.03. The smallest absolute Gasteiger partial charge is 0.305 e. The van der Waals surface area contributed by atoms with Gasteiger partial charge < -0.3 is 18.8 Å². The second-order valence-electron chi connectivity index (χ2n) is 3.57. The van der Waals surface area contributed by atoms with Crippen molar-refractivity contribution < 1.29 is 32.5 Å². The van der Waals surface area contributed by atoms with Gasteiger partial charge in [0, 0.05) is 11.8 Å². The molecular weight excluding hydrogens is 329 g/mol. The van der Waals surface area contributed by atoms with Gasteiger partial charge in [-0.1, -0.05) is 0 Å². The van der Waals surface area contributed by atoms with Crippen molar-refractivity contribution in [3.8, 4) is 0 Å². The van der Waals surface area contributed by atoms with Crippen molar-refractivity contribution in [2.75, 3.05) is 25.0 Å². The molecule has 0 radical (unpaired) electrons. The van der Waals surface area contributed by atoms with Gasteiger partial charge in [0.1, 0.15) is 0 Å². The largest absolute Gasteiger partial charge is 0.470 e. The number of phosphoric acid groups is 1. The molecule has 0 bridgehead atoms. The van der Waals surface area contributed by atoms with Gasteiger partial charge in [0.25, 0.3) is 0 Å². The summed E-state index contributed by atoms with van der Waals surface area (Å²) in [6.45, 7) is 2.15. The predicted octanol–water partition coefficient (Wildman–Crippen LogP) is 2.54. The molecular formula is C7H16Cl2O7P2. The first-order valence-electron chi connectivity index (χ1n) is 4.85. The third kappa shape index (κ3) is 6.33. The standard InChI is InChI=1S/C7H16Cl2O7P2/c1-7(2,16-18(11,12)13)17(10,14-5-3-8)15-6-4-9/h3-6H2,1-2H3,(H2,11,12,13). The number of phosphoric ester groups is 1. The summed E-state index contributed by atoms with van der Waals surface area (Å²) >= 11 is 10.8. The van der Waals surface area contributed by atoms with Crippen LogP contribution in [0.4, 0.5) is 0 Å². The molecule has 0 aromatic heterocycles. The molecule has 0 rings (SSSR count). The third-order valence-electron chi connectivity index (χ3n) is 1.68. The fraction of sp³-hybridized carbons (Fsp3) is 1.00. The number of rotatable bonds is 9. The Kier molecular flexibility index (Phi) is 7.93. The fourth-order valence-electron chi connectivity index (χ4n) is 0.999. The Morgan fingerprint density at radius 1 is 1.06 bits per heavy atom. The minimum atomic E-state index is -4.85. The number of hydrogen-bond acceptors (Lipinski definition) is 5. The van der Waals surface area contributed by atoms with Crippen LogP contribution in [0.5, 0.6) is 0 Å². The monoisotopic (exact) mass is 344 g/mol. The van der Waals surface area contributed by atoms with E-state index < -0.39 is 20.8 Å². The molecule has 0 fully saturated rings. The zero-order valence-electron chi connectivity index (χ0n) is 9.91. The van der Waals surface area contributed by atoms with Crippen molar-refractivity contribution in [3.63, 3.8) is 0 Å². The van der Waals surface area contributed by atoms with Gasteiger partial charge in [-0.3, -0.25) is 9.09 Å². The normalized spacial score (nSPS) is 13.9. The Bertz CT molecular complexity index is 331. The van der Waals surface area contributed by atoms with E-state index in [1.807, 2.05) is 0 Å². The maximum Gasteiger partial charge on any atom is 0.470 e. The summed E-state index contributed by atoms with van der Waals surface area (Å²) < 4.78 is 37.6. The highest BCUT2D eigenvalue weighted by molar-refractivity contribution is 7.56. The Morgan fingerprint density at radius 2 is 1.44 bits per heavy atom. The molecule has 110 valence electrons. The van der Waals surface area contributed by atoms with E-state index in [-0.39, 0.29) is 25.0 Å². The summed E-state index contributed by atoms with van der Waals surface area (Å²) in [5, 5.41) is -1.83. The van der Waals surface area contributed by atoms with E-state index in [1.165, 1.54) is 13.8 Å². The number of hydrogen-bond donors (Lipinski definition) is 2. The molecule has 11 heteroatoms. The number of halogens is 2. The average molecular weight is 345 g/mol. The lowest BCUT2D eigenvalue weighted by molar-refractivity contribution is 0.0814. The Balaban J connectivity index is 5.03. The predicted molar refractivity (Wildman–Crippen MR) is 68.2 cm³/mol. The summed E-state index contributed by atoms with van der Waals surface area (Å²) in [6, 6.07) is 0. The van der Waals surface area contributed by atoms with Crippen molar-refractivity contribution in [2.45, 2.75) is 19.2 Å². The van der Waals surface area contributed by atoms with Crippen molar-refractivity contribution >= 4 is 38.6 Å². The van der Waals surface area contributed by atoms with Crippen LogP contribution in [-0.4, -0.2) is 40.1 Å². The number of alkyl halides is 2. The molecule has 0 unspecified atom stereocenters. The average Bonchev–Trinajstić information content (AvgIpc) is 2.19. The summed E-state index contributed by atoms with van der Waals surface area (Å²) in [5.74, 6) is 0.0838. The topological polar surface area (TPSA) is 102 Å². The summed E-state index contributed by atoms with van der Waals surface area (Å²) in [4.78, 5) is 17.5. The first kappa shape index (κ1) is 18.8. The van der Waals surface area contributed by atoms with E-state index in [0.29, 0.717) is 0 Å². The van der Waals surface area contributed by atoms with Crippen molar-refractivity contribution in [1.29, 1.82) is 0 Å². The van der Waals surface area contributed by atoms with Crippen LogP contribution in [0.3, 0.4) is 0 Å². The molecule has 0 aliphatic heterocycles. The van der Waals surface area contributed by atoms with Crippen LogP contribution in [-0.2, 0) is 22.7 Å². The minimum absolute atomic E-state index is 0.0419. The van der Waals surface area contributed by atoms with Crippen molar-refractivity contribution in [1.82, 2.24) is 0 Å². The quantitative estimate of drug-likeness (QED) is 0.489. The Labute approximate surface area is 115 Å². The molecule has 0 aliphatic rings. The van der Waals surface area contributed by atoms with Crippen molar-refractivity contribution in [3.05, 3.63) is 0 Å². The second kappa shape index (κ2) is 7.58. The molecule has 2 N–H and O–H groups in total. The molecule has 0 aromatic rings. The molecule has 0 saturated heterocycles. The van der Waals surface area contributed by atoms with Crippen LogP contribution in [0.25, 0.3) is 0 Å². The lowest BCUT2D eigenvalue weighted by Gasteiger charge is -2.32. The van der Waals surface area contributed by atoms with Gasteiger partial charge in [0.05, 0.1) is 13.2 Å². The van der Waals surface area contributed by atoms with Gasteiger partial charge in [0.2, 0.25) is 0 Å². The summed E-state index contributed by atoms with van der Waals surface area (Å²) in [6.07, 6.45) is 0. The van der Waals surface area contributed by atoms with Crippen LogP contribution in [0.1, 0.15) is 13.8 Å². The van der Waals surface area contributed by atoms with E-state index >= 15 is 0 Å². The first-order valence-corrected chi connectivity index (χ1v) is 8.99. The van der Waals surface area contributed by atoms with Gasteiger partial charge in [-0.15, -0.1) is 23.2 Å². The van der Waals surface area contributed by atoms with Gasteiger partial charge in [-0.25, -0.2) is 4.57 Å². The van der Waals surface area contributed by atoms with Crippen molar-refractivity contribution in [2.24, 2.45) is 0 Å². The maximum atomic E-state index is 12.4. The Hall–Kier alpha value is 0.840. The molecule has 7 nitrogen and oxygen atoms in total. The zero-order chi connectivity index (χ0) is 14.4. The molecule has 0 saturated carbocycles. The van der Waals surface area contributed by atoms with E-state index in [4.69, 9.17) is 42.0 Å². The van der Waals surface area contributed by atoms with Crippen LogP contribution in [0, 0.1) is 0 Å². The lowest BCUT2D eigenvalue weighted by atomic mass is 10.5. The lowest BCUT2D eigenvalue weighted by Crippen LogP contribution is -2.27. The molecule has 18 heavy (non-hydrogen) atoms. The van der Waals surface area contributed by atoms with Crippen LogP contribution in [0.15, 0.2) is 0 Å². The molecule has 0 spiro atoms. The van der Waals surface area contributed by atoms with E-state index in [2.05, 4.69) is 4.52 Å². The first-order chi connectivity index (χ1) is 8.08. The maximum absolute atomic E-state index is 12.4. The van der Waals surface area contributed by atoms with Crippen LogP contribution in [0.2, 0.25) is 0 Å². The van der Waals surface area contributed by atoms with Gasteiger partial charge in [-0.2, -0.15) is 0 Å². The molecule has 0 atom stereocenters. The van der Waals surface area contributed by atoms with Crippen LogP contribution < -0.4 is 0 Å².